The number of benzene rings is 2. The van der Waals surface area contributed by atoms with Gasteiger partial charge in [-0.25, -0.2) is 0 Å². The van der Waals surface area contributed by atoms with Crippen LogP contribution in [0.4, 0.5) is 17.1 Å². The summed E-state index contributed by atoms with van der Waals surface area (Å²) in [6.45, 7) is 8.17. The highest BCUT2D eigenvalue weighted by Gasteiger charge is 2.34. The maximum absolute atomic E-state index is 11.1. The molecule has 136 valence electrons. The van der Waals surface area contributed by atoms with E-state index in [0.29, 0.717) is 13.1 Å². The van der Waals surface area contributed by atoms with Crippen molar-refractivity contribution >= 4 is 23.0 Å². The Bertz CT molecular complexity index is 856. The van der Waals surface area contributed by atoms with Gasteiger partial charge in [-0.2, -0.15) is 0 Å². The van der Waals surface area contributed by atoms with Crippen molar-refractivity contribution in [2.24, 2.45) is 5.92 Å². The molecule has 0 unspecified atom stereocenters. The van der Waals surface area contributed by atoms with Crippen molar-refractivity contribution in [3.63, 3.8) is 0 Å². The molecule has 0 radical (unpaired) electrons. The minimum absolute atomic E-state index is 0.260. The van der Waals surface area contributed by atoms with Gasteiger partial charge in [0.05, 0.1) is 18.2 Å². The van der Waals surface area contributed by atoms with E-state index in [1.165, 1.54) is 5.56 Å². The van der Waals surface area contributed by atoms with Crippen molar-refractivity contribution in [1.29, 1.82) is 0 Å². The van der Waals surface area contributed by atoms with Crippen LogP contribution in [0.2, 0.25) is 0 Å². The number of aliphatic carboxylic acids is 1. The molecule has 5 heteroatoms. The number of fused-ring (bicyclic) bond motifs is 1. The van der Waals surface area contributed by atoms with E-state index in [-0.39, 0.29) is 11.5 Å². The predicted octanol–water partition coefficient (Wildman–Crippen LogP) is 3.82. The van der Waals surface area contributed by atoms with Crippen LogP contribution in [0.25, 0.3) is 0 Å². The normalized spacial score (nSPS) is 18.7. The average Bonchev–Trinajstić information content (AvgIpc) is 2.51. The third kappa shape index (κ3) is 2.98. The van der Waals surface area contributed by atoms with Gasteiger partial charge in [0.25, 0.3) is 0 Å². The fourth-order valence-electron chi connectivity index (χ4n) is 3.66. The highest BCUT2D eigenvalue weighted by molar-refractivity contribution is 5.77. The number of hydrogen-bond donors (Lipinski definition) is 1. The van der Waals surface area contributed by atoms with Gasteiger partial charge >= 0.3 is 5.97 Å². The number of carboxylic acids is 1. The Kier molecular flexibility index (Phi) is 3.83. The lowest BCUT2D eigenvalue weighted by atomic mass is 9.99. The number of aryl methyl sites for hydroxylation is 1. The Morgan fingerprint density at radius 2 is 1.88 bits per heavy atom. The van der Waals surface area contributed by atoms with Gasteiger partial charge in [0.1, 0.15) is 11.4 Å². The first-order valence-electron chi connectivity index (χ1n) is 8.97. The first kappa shape index (κ1) is 16.8. The Morgan fingerprint density at radius 3 is 2.62 bits per heavy atom. The maximum Gasteiger partial charge on any atom is 0.310 e. The molecule has 2 aliphatic rings. The lowest BCUT2D eigenvalue weighted by Crippen LogP contribution is -2.50. The van der Waals surface area contributed by atoms with Gasteiger partial charge in [0, 0.05) is 24.5 Å². The molecule has 0 aromatic heterocycles. The van der Waals surface area contributed by atoms with Crippen LogP contribution < -0.4 is 14.5 Å². The second-order valence-electron chi connectivity index (χ2n) is 7.88. The van der Waals surface area contributed by atoms with Gasteiger partial charge < -0.3 is 19.6 Å². The number of rotatable bonds is 3. The van der Waals surface area contributed by atoms with Crippen LogP contribution >= 0.6 is 0 Å². The van der Waals surface area contributed by atoms with Crippen molar-refractivity contribution < 1.29 is 14.6 Å². The number of anilines is 3. The summed E-state index contributed by atoms with van der Waals surface area (Å²) >= 11 is 0. The Labute approximate surface area is 153 Å². The molecule has 5 nitrogen and oxygen atoms in total. The third-order valence-electron chi connectivity index (χ3n) is 5.07. The summed E-state index contributed by atoms with van der Waals surface area (Å²) in [5, 5.41) is 9.10. The first-order chi connectivity index (χ1) is 12.3. The van der Waals surface area contributed by atoms with Crippen LogP contribution in [-0.2, 0) is 4.79 Å². The second kappa shape index (κ2) is 5.94. The number of hydrogen-bond acceptors (Lipinski definition) is 4. The zero-order valence-electron chi connectivity index (χ0n) is 15.4. The number of nitrogens with zero attached hydrogens (tertiary/aromatic N) is 2. The summed E-state index contributed by atoms with van der Waals surface area (Å²) in [5.74, 6) is -0.0668. The molecular weight excluding hydrogens is 328 g/mol. The van der Waals surface area contributed by atoms with E-state index >= 15 is 0 Å². The highest BCUT2D eigenvalue weighted by atomic mass is 16.5. The molecule has 0 saturated carbocycles. The Hall–Kier alpha value is -2.69. The molecule has 1 fully saturated rings. The van der Waals surface area contributed by atoms with E-state index in [0.717, 1.165) is 29.4 Å². The van der Waals surface area contributed by atoms with E-state index in [4.69, 9.17) is 9.84 Å². The van der Waals surface area contributed by atoms with Gasteiger partial charge in [-0.3, -0.25) is 4.79 Å². The highest BCUT2D eigenvalue weighted by Crippen LogP contribution is 2.42. The van der Waals surface area contributed by atoms with Gasteiger partial charge in [0.15, 0.2) is 0 Å². The van der Waals surface area contributed by atoms with E-state index in [1.54, 1.807) is 0 Å². The number of carboxylic acid groups (broad SMARTS) is 1. The fourth-order valence-corrected chi connectivity index (χ4v) is 3.66. The molecule has 2 aromatic carbocycles. The molecule has 0 spiro atoms. The number of ether oxygens (including phenoxy) is 1. The summed E-state index contributed by atoms with van der Waals surface area (Å²) in [6, 6.07) is 14.6. The summed E-state index contributed by atoms with van der Waals surface area (Å²) in [5.41, 5.74) is 4.12. The van der Waals surface area contributed by atoms with E-state index in [9.17, 15) is 4.79 Å². The Balaban J connectivity index is 1.66. The maximum atomic E-state index is 11.1. The summed E-state index contributed by atoms with van der Waals surface area (Å²) < 4.78 is 6.18. The molecule has 0 amide bonds. The molecule has 2 aromatic rings. The molecule has 2 aliphatic heterocycles. The lowest BCUT2D eigenvalue weighted by molar-refractivity contribution is -0.142. The fraction of sp³-hybridized carbons (Fsp3) is 0.381. The van der Waals surface area contributed by atoms with Crippen LogP contribution in [0.15, 0.2) is 42.5 Å². The van der Waals surface area contributed by atoms with Crippen molar-refractivity contribution in [1.82, 2.24) is 0 Å². The predicted molar refractivity (Wildman–Crippen MR) is 103 cm³/mol. The van der Waals surface area contributed by atoms with Crippen molar-refractivity contribution in [3.8, 4) is 5.75 Å². The largest absolute Gasteiger partial charge is 0.484 e. The molecule has 26 heavy (non-hydrogen) atoms. The van der Waals surface area contributed by atoms with Crippen molar-refractivity contribution in [2.45, 2.75) is 26.4 Å². The van der Waals surface area contributed by atoms with Crippen LogP contribution in [0.5, 0.6) is 5.75 Å². The van der Waals surface area contributed by atoms with Gasteiger partial charge in [0.2, 0.25) is 0 Å². The van der Waals surface area contributed by atoms with Crippen molar-refractivity contribution in [3.05, 3.63) is 48.0 Å². The van der Waals surface area contributed by atoms with E-state index < -0.39 is 5.97 Å². The molecule has 4 rings (SSSR count). The monoisotopic (exact) mass is 352 g/mol. The smallest absolute Gasteiger partial charge is 0.310 e. The zero-order valence-corrected chi connectivity index (χ0v) is 15.4. The first-order valence-corrected chi connectivity index (χ1v) is 8.97. The SMILES string of the molecule is Cc1ccc2c(c1)OC(C)(C)CN2c1cccc(N2CC(C(=O)O)C2)c1. The average molecular weight is 352 g/mol. The molecule has 0 bridgehead atoms. The van der Waals surface area contributed by atoms with Crippen LogP contribution in [0, 0.1) is 12.8 Å². The minimum atomic E-state index is -0.711. The quantitative estimate of drug-likeness (QED) is 0.910. The molecular formula is C21H24N2O3. The molecule has 2 heterocycles. The van der Waals surface area contributed by atoms with Gasteiger partial charge in [-0.15, -0.1) is 0 Å². The third-order valence-corrected chi connectivity index (χ3v) is 5.07. The molecule has 0 atom stereocenters. The molecule has 1 saturated heterocycles. The van der Waals surface area contributed by atoms with Crippen LogP contribution in [0.1, 0.15) is 19.4 Å². The number of carbonyl (C=O) groups is 1. The summed E-state index contributed by atoms with van der Waals surface area (Å²) in [6.07, 6.45) is 0. The van der Waals surface area contributed by atoms with Gasteiger partial charge in [-0.05, 0) is 56.7 Å². The van der Waals surface area contributed by atoms with Crippen LogP contribution in [0.3, 0.4) is 0 Å². The van der Waals surface area contributed by atoms with Gasteiger partial charge in [-0.1, -0.05) is 12.1 Å². The molecule has 0 aliphatic carbocycles. The standard InChI is InChI=1S/C21H24N2O3/c1-14-7-8-18-19(9-14)26-21(2,3)13-23(18)17-6-4-5-16(10-17)22-11-15(12-22)20(24)25/h4-10,15H,11-13H2,1-3H3,(H,24,25). The zero-order chi connectivity index (χ0) is 18.5. The summed E-state index contributed by atoms with van der Waals surface area (Å²) in [4.78, 5) is 15.5. The Morgan fingerprint density at radius 1 is 1.15 bits per heavy atom. The molecule has 1 N–H and O–H groups in total. The topological polar surface area (TPSA) is 53.0 Å². The summed E-state index contributed by atoms with van der Waals surface area (Å²) in [7, 11) is 0. The van der Waals surface area contributed by atoms with Crippen molar-refractivity contribution in [2.75, 3.05) is 29.4 Å². The lowest BCUT2D eigenvalue weighted by Gasteiger charge is -2.42. The van der Waals surface area contributed by atoms with Crippen LogP contribution in [-0.4, -0.2) is 36.3 Å². The van der Waals surface area contributed by atoms with E-state index in [1.807, 2.05) is 12.1 Å². The minimum Gasteiger partial charge on any atom is -0.484 e. The van der Waals surface area contributed by atoms with E-state index in [2.05, 4.69) is 60.9 Å². The second-order valence-corrected chi connectivity index (χ2v) is 7.88.